The first kappa shape index (κ1) is 15.3. The summed E-state index contributed by atoms with van der Waals surface area (Å²) in [5.74, 6) is 0.857. The lowest BCUT2D eigenvalue weighted by molar-refractivity contribution is -0.134. The van der Waals surface area contributed by atoms with E-state index in [4.69, 9.17) is 4.74 Å². The molecule has 1 aliphatic rings. The van der Waals surface area contributed by atoms with Crippen LogP contribution in [0.2, 0.25) is 0 Å². The van der Waals surface area contributed by atoms with Gasteiger partial charge in [-0.05, 0) is 44.5 Å². The maximum Gasteiger partial charge on any atom is 0.260 e. The number of likely N-dealkylation sites (tertiary alicyclic amines) is 1. The van der Waals surface area contributed by atoms with Gasteiger partial charge in [0.2, 0.25) is 0 Å². The van der Waals surface area contributed by atoms with Gasteiger partial charge in [0.1, 0.15) is 5.75 Å². The second-order valence-corrected chi connectivity index (χ2v) is 5.93. The highest BCUT2D eigenvalue weighted by molar-refractivity contribution is 9.10. The average molecular weight is 341 g/mol. The van der Waals surface area contributed by atoms with E-state index in [1.165, 1.54) is 6.42 Å². The summed E-state index contributed by atoms with van der Waals surface area (Å²) in [5, 5.41) is 3.11. The van der Waals surface area contributed by atoms with Crippen LogP contribution in [0.25, 0.3) is 0 Å². The molecule has 1 aromatic carbocycles. The first-order valence-electron chi connectivity index (χ1n) is 7.04. The lowest BCUT2D eigenvalue weighted by Crippen LogP contribution is -2.38. The molecule has 1 heterocycles. The summed E-state index contributed by atoms with van der Waals surface area (Å²) in [7, 11) is 1.89. The number of hydrogen-bond acceptors (Lipinski definition) is 3. The zero-order valence-electron chi connectivity index (χ0n) is 11.8. The molecule has 0 unspecified atom stereocenters. The number of ether oxygens (including phenoxy) is 1. The van der Waals surface area contributed by atoms with Crippen molar-refractivity contribution in [2.75, 3.05) is 26.7 Å². The van der Waals surface area contributed by atoms with Crippen molar-refractivity contribution >= 4 is 21.8 Å². The smallest absolute Gasteiger partial charge is 0.260 e. The van der Waals surface area contributed by atoms with Gasteiger partial charge in [-0.2, -0.15) is 0 Å². The molecule has 4 nitrogen and oxygen atoms in total. The van der Waals surface area contributed by atoms with Gasteiger partial charge in [-0.1, -0.05) is 15.9 Å². The lowest BCUT2D eigenvalue weighted by atomic mass is 10.1. The number of rotatable bonds is 5. The second kappa shape index (κ2) is 7.64. The van der Waals surface area contributed by atoms with Gasteiger partial charge in [0.25, 0.3) is 5.91 Å². The third-order valence-electron chi connectivity index (χ3n) is 3.45. The van der Waals surface area contributed by atoms with E-state index in [9.17, 15) is 4.79 Å². The molecule has 0 saturated carbocycles. The monoisotopic (exact) mass is 340 g/mol. The maximum absolute atomic E-state index is 12.1. The topological polar surface area (TPSA) is 41.6 Å². The van der Waals surface area contributed by atoms with Gasteiger partial charge < -0.3 is 15.0 Å². The Kier molecular flexibility index (Phi) is 5.86. The van der Waals surface area contributed by atoms with Crippen molar-refractivity contribution in [2.45, 2.75) is 25.8 Å². The summed E-state index contributed by atoms with van der Waals surface area (Å²) in [6.45, 7) is 2.57. The van der Waals surface area contributed by atoms with Crippen molar-refractivity contribution in [3.8, 4) is 5.75 Å². The normalized spacial score (nSPS) is 15.2. The van der Waals surface area contributed by atoms with E-state index in [1.54, 1.807) is 0 Å². The fourth-order valence-electron chi connectivity index (χ4n) is 2.39. The van der Waals surface area contributed by atoms with E-state index in [0.717, 1.165) is 41.7 Å². The van der Waals surface area contributed by atoms with E-state index in [1.807, 2.05) is 30.1 Å². The standard InChI is InChI=1S/C15H21BrN2O2/c1-17-10-12-9-13(16)5-6-14(12)20-11-15(19)18-7-3-2-4-8-18/h5-6,9,17H,2-4,7-8,10-11H2,1H3. The molecule has 1 aliphatic heterocycles. The van der Waals surface area contributed by atoms with Gasteiger partial charge in [0, 0.05) is 29.7 Å². The van der Waals surface area contributed by atoms with Gasteiger partial charge in [0.15, 0.2) is 6.61 Å². The molecule has 20 heavy (non-hydrogen) atoms. The van der Waals surface area contributed by atoms with Crippen molar-refractivity contribution in [3.05, 3.63) is 28.2 Å². The minimum atomic E-state index is 0.0861. The summed E-state index contributed by atoms with van der Waals surface area (Å²) in [6.07, 6.45) is 3.44. The van der Waals surface area contributed by atoms with E-state index < -0.39 is 0 Å². The van der Waals surface area contributed by atoms with Crippen molar-refractivity contribution in [1.82, 2.24) is 10.2 Å². The number of carbonyl (C=O) groups is 1. The lowest BCUT2D eigenvalue weighted by Gasteiger charge is -2.26. The molecule has 0 radical (unpaired) electrons. The quantitative estimate of drug-likeness (QED) is 0.895. The molecular weight excluding hydrogens is 320 g/mol. The van der Waals surface area contributed by atoms with Gasteiger partial charge in [-0.25, -0.2) is 0 Å². The molecule has 0 atom stereocenters. The molecular formula is C15H21BrN2O2. The third kappa shape index (κ3) is 4.21. The number of nitrogens with one attached hydrogen (secondary N) is 1. The van der Waals surface area contributed by atoms with E-state index in [0.29, 0.717) is 6.54 Å². The highest BCUT2D eigenvalue weighted by atomic mass is 79.9. The summed E-state index contributed by atoms with van der Waals surface area (Å²) in [4.78, 5) is 14.0. The van der Waals surface area contributed by atoms with Crippen molar-refractivity contribution in [3.63, 3.8) is 0 Å². The molecule has 1 aromatic rings. The molecule has 1 amide bonds. The first-order valence-corrected chi connectivity index (χ1v) is 7.83. The van der Waals surface area contributed by atoms with Crippen LogP contribution in [0.15, 0.2) is 22.7 Å². The highest BCUT2D eigenvalue weighted by Crippen LogP contribution is 2.23. The molecule has 0 aliphatic carbocycles. The van der Waals surface area contributed by atoms with Crippen LogP contribution in [0.4, 0.5) is 0 Å². The van der Waals surface area contributed by atoms with Crippen LogP contribution in [0.5, 0.6) is 5.75 Å². The van der Waals surface area contributed by atoms with E-state index in [-0.39, 0.29) is 12.5 Å². The Morgan fingerprint density at radius 2 is 2.10 bits per heavy atom. The third-order valence-corrected chi connectivity index (χ3v) is 3.94. The van der Waals surface area contributed by atoms with Gasteiger partial charge in [0.05, 0.1) is 0 Å². The largest absolute Gasteiger partial charge is 0.483 e. The Bertz CT molecular complexity index is 459. The zero-order valence-corrected chi connectivity index (χ0v) is 13.4. The predicted molar refractivity (Wildman–Crippen MR) is 82.8 cm³/mol. The molecule has 1 N–H and O–H groups in total. The Morgan fingerprint density at radius 1 is 1.35 bits per heavy atom. The van der Waals surface area contributed by atoms with Crippen LogP contribution in [-0.2, 0) is 11.3 Å². The molecule has 110 valence electrons. The fourth-order valence-corrected chi connectivity index (χ4v) is 2.80. The highest BCUT2D eigenvalue weighted by Gasteiger charge is 2.17. The number of nitrogens with zero attached hydrogens (tertiary/aromatic N) is 1. The Morgan fingerprint density at radius 3 is 2.80 bits per heavy atom. The maximum atomic E-state index is 12.1. The molecule has 0 bridgehead atoms. The minimum Gasteiger partial charge on any atom is -0.483 e. The second-order valence-electron chi connectivity index (χ2n) is 5.01. The number of hydrogen-bond donors (Lipinski definition) is 1. The summed E-state index contributed by atoms with van der Waals surface area (Å²) in [5.41, 5.74) is 1.05. The van der Waals surface area contributed by atoms with Gasteiger partial charge >= 0.3 is 0 Å². The minimum absolute atomic E-state index is 0.0861. The Hall–Kier alpha value is -1.07. The number of benzene rings is 1. The number of carbonyl (C=O) groups excluding carboxylic acids is 1. The van der Waals surface area contributed by atoms with Crippen molar-refractivity contribution in [1.29, 1.82) is 0 Å². The Labute approximate surface area is 128 Å². The van der Waals surface area contributed by atoms with Crippen LogP contribution < -0.4 is 10.1 Å². The number of piperidine rings is 1. The van der Waals surface area contributed by atoms with Crippen LogP contribution >= 0.6 is 15.9 Å². The molecule has 1 saturated heterocycles. The van der Waals surface area contributed by atoms with Gasteiger partial charge in [-0.15, -0.1) is 0 Å². The molecule has 5 heteroatoms. The van der Waals surface area contributed by atoms with Crippen LogP contribution in [0.3, 0.4) is 0 Å². The van der Waals surface area contributed by atoms with Crippen LogP contribution in [0, 0.1) is 0 Å². The molecule has 0 aromatic heterocycles. The average Bonchev–Trinajstić information content (AvgIpc) is 2.47. The first-order chi connectivity index (χ1) is 9.70. The summed E-state index contributed by atoms with van der Waals surface area (Å²) >= 11 is 3.45. The number of amides is 1. The number of halogens is 1. The SMILES string of the molecule is CNCc1cc(Br)ccc1OCC(=O)N1CCCCC1. The van der Waals surface area contributed by atoms with Crippen LogP contribution in [-0.4, -0.2) is 37.6 Å². The summed E-state index contributed by atoms with van der Waals surface area (Å²) < 4.78 is 6.72. The van der Waals surface area contributed by atoms with Crippen LogP contribution in [0.1, 0.15) is 24.8 Å². The molecule has 2 rings (SSSR count). The van der Waals surface area contributed by atoms with E-state index >= 15 is 0 Å². The van der Waals surface area contributed by atoms with E-state index in [2.05, 4.69) is 21.2 Å². The predicted octanol–water partition coefficient (Wildman–Crippen LogP) is 2.56. The molecule has 0 spiro atoms. The van der Waals surface area contributed by atoms with Gasteiger partial charge in [-0.3, -0.25) is 4.79 Å². The fraction of sp³-hybridized carbons (Fsp3) is 0.533. The van der Waals surface area contributed by atoms with Crippen molar-refractivity contribution < 1.29 is 9.53 Å². The molecule has 1 fully saturated rings. The zero-order chi connectivity index (χ0) is 14.4. The van der Waals surface area contributed by atoms with Crippen molar-refractivity contribution in [2.24, 2.45) is 0 Å². The Balaban J connectivity index is 1.94. The summed E-state index contributed by atoms with van der Waals surface area (Å²) in [6, 6.07) is 5.84.